The van der Waals surface area contributed by atoms with Crippen molar-refractivity contribution in [3.05, 3.63) is 23.8 Å². The molecule has 2 aliphatic rings. The van der Waals surface area contributed by atoms with Crippen molar-refractivity contribution in [1.82, 2.24) is 5.32 Å². The van der Waals surface area contributed by atoms with E-state index in [9.17, 15) is 18.0 Å². The Morgan fingerprint density at radius 3 is 2.83 bits per heavy atom. The molecule has 2 aliphatic heterocycles. The highest BCUT2D eigenvalue weighted by molar-refractivity contribution is 7.91. The summed E-state index contributed by atoms with van der Waals surface area (Å²) in [6.07, 6.45) is 0.349. The summed E-state index contributed by atoms with van der Waals surface area (Å²) in [6.45, 7) is 3.26. The Bertz CT molecular complexity index is 789. The summed E-state index contributed by atoms with van der Waals surface area (Å²) in [5.74, 6) is -0.861. The Hall–Kier alpha value is -2.09. The molecule has 1 aromatic rings. The summed E-state index contributed by atoms with van der Waals surface area (Å²) < 4.78 is 28.6. The molecule has 3 rings (SSSR count). The van der Waals surface area contributed by atoms with Crippen LogP contribution in [0.3, 0.4) is 0 Å². The molecule has 0 unspecified atom stereocenters. The lowest BCUT2D eigenvalue weighted by Gasteiger charge is -2.34. The first-order valence-electron chi connectivity index (χ1n) is 7.32. The number of anilines is 1. The van der Waals surface area contributed by atoms with Gasteiger partial charge in [-0.25, -0.2) is 8.42 Å². The van der Waals surface area contributed by atoms with Crippen molar-refractivity contribution < 1.29 is 22.7 Å². The summed E-state index contributed by atoms with van der Waals surface area (Å²) in [4.78, 5) is 24.8. The number of benzene rings is 1. The van der Waals surface area contributed by atoms with Gasteiger partial charge in [0.05, 0.1) is 17.2 Å². The fourth-order valence-electron chi connectivity index (χ4n) is 2.72. The Labute approximate surface area is 134 Å². The van der Waals surface area contributed by atoms with Gasteiger partial charge in [-0.3, -0.25) is 9.59 Å². The van der Waals surface area contributed by atoms with E-state index >= 15 is 0 Å². The molecule has 0 aromatic heterocycles. The van der Waals surface area contributed by atoms with E-state index in [0.29, 0.717) is 17.9 Å². The molecule has 2 N–H and O–H groups in total. The number of carbonyl (C=O) groups is 2. The van der Waals surface area contributed by atoms with Gasteiger partial charge in [0.2, 0.25) is 0 Å². The molecule has 1 aromatic carbocycles. The summed E-state index contributed by atoms with van der Waals surface area (Å²) in [7, 11) is -3.11. The number of sulfone groups is 1. The largest absolute Gasteiger partial charge is 0.466 e. The van der Waals surface area contributed by atoms with Crippen LogP contribution >= 0.6 is 0 Å². The predicted octanol–water partition coefficient (Wildman–Crippen LogP) is 0.388. The lowest BCUT2D eigenvalue weighted by molar-refractivity contribution is -0.147. The fourth-order valence-corrected chi connectivity index (χ4v) is 4.39. The van der Waals surface area contributed by atoms with Crippen LogP contribution in [0.25, 0.3) is 0 Å². The monoisotopic (exact) mass is 338 g/mol. The number of fused-ring (bicyclic) bond motifs is 1. The number of amides is 2. The summed E-state index contributed by atoms with van der Waals surface area (Å²) >= 11 is 0. The third kappa shape index (κ3) is 2.90. The molecule has 8 heteroatoms. The maximum atomic E-state index is 12.5. The molecule has 1 fully saturated rings. The Balaban J connectivity index is 1.80. The van der Waals surface area contributed by atoms with Crippen LogP contribution in [-0.2, 0) is 19.4 Å². The Morgan fingerprint density at radius 1 is 1.43 bits per heavy atom. The summed E-state index contributed by atoms with van der Waals surface area (Å²) in [5.41, 5.74) is -0.255. The van der Waals surface area contributed by atoms with E-state index in [1.807, 2.05) is 13.0 Å². The second kappa shape index (κ2) is 5.23. The number of ether oxygens (including phenoxy) is 1. The van der Waals surface area contributed by atoms with E-state index in [1.165, 1.54) is 6.92 Å². The van der Waals surface area contributed by atoms with E-state index in [1.54, 1.807) is 12.1 Å². The zero-order valence-corrected chi connectivity index (χ0v) is 13.7. The Kier molecular flexibility index (Phi) is 3.59. The standard InChI is InChI=1S/C15H18N2O5S/c1-9-3-4-12-11(7-9)17-14(19)15(2,22-12)13(18)16-10-5-6-23(20,21)8-10/h3-4,7,10H,5-6,8H2,1-2H3,(H,16,18)(H,17,19)/t10-,15-/m1/s1. The van der Waals surface area contributed by atoms with E-state index in [0.717, 1.165) is 5.56 Å². The molecule has 0 aliphatic carbocycles. The topological polar surface area (TPSA) is 102 Å². The second-order valence-electron chi connectivity index (χ2n) is 6.16. The lowest BCUT2D eigenvalue weighted by atomic mass is 10.0. The van der Waals surface area contributed by atoms with Crippen molar-refractivity contribution in [3.8, 4) is 5.75 Å². The minimum absolute atomic E-state index is 0.0455. The molecule has 0 saturated carbocycles. The normalized spacial score (nSPS) is 28.4. The highest BCUT2D eigenvalue weighted by Crippen LogP contribution is 2.34. The van der Waals surface area contributed by atoms with Gasteiger partial charge in [0, 0.05) is 6.04 Å². The average Bonchev–Trinajstić information content (AvgIpc) is 2.79. The van der Waals surface area contributed by atoms with Crippen LogP contribution < -0.4 is 15.4 Å². The average molecular weight is 338 g/mol. The fraction of sp³-hybridized carbons (Fsp3) is 0.467. The third-order valence-corrected chi connectivity index (χ3v) is 5.90. The predicted molar refractivity (Wildman–Crippen MR) is 84.0 cm³/mol. The SMILES string of the molecule is Cc1ccc2c(c1)NC(=O)[C@@](C)(C(=O)N[C@@H]1CCS(=O)(=O)C1)O2. The number of hydrogen-bond acceptors (Lipinski definition) is 5. The van der Waals surface area contributed by atoms with Gasteiger partial charge in [-0.2, -0.15) is 0 Å². The van der Waals surface area contributed by atoms with Crippen molar-refractivity contribution in [2.45, 2.75) is 31.9 Å². The molecule has 124 valence electrons. The van der Waals surface area contributed by atoms with Crippen molar-refractivity contribution >= 4 is 27.3 Å². The zero-order chi connectivity index (χ0) is 16.8. The van der Waals surface area contributed by atoms with E-state index in [-0.39, 0.29) is 11.5 Å². The lowest BCUT2D eigenvalue weighted by Crippen LogP contribution is -2.60. The summed E-state index contributed by atoms with van der Waals surface area (Å²) in [5, 5.41) is 5.28. The van der Waals surface area contributed by atoms with Crippen molar-refractivity contribution in [2.75, 3.05) is 16.8 Å². The van der Waals surface area contributed by atoms with Crippen molar-refractivity contribution in [2.24, 2.45) is 0 Å². The molecule has 2 atom stereocenters. The molecule has 2 heterocycles. The van der Waals surface area contributed by atoms with Crippen LogP contribution in [0.2, 0.25) is 0 Å². The highest BCUT2D eigenvalue weighted by atomic mass is 32.2. The molecule has 2 amide bonds. The van der Waals surface area contributed by atoms with Crippen LogP contribution in [0, 0.1) is 6.92 Å². The maximum absolute atomic E-state index is 12.5. The molecule has 0 radical (unpaired) electrons. The number of nitrogens with one attached hydrogen (secondary N) is 2. The number of carbonyl (C=O) groups excluding carboxylic acids is 2. The third-order valence-electron chi connectivity index (χ3n) is 4.13. The molecule has 0 spiro atoms. The second-order valence-corrected chi connectivity index (χ2v) is 8.39. The quantitative estimate of drug-likeness (QED) is 0.760. The van der Waals surface area contributed by atoms with E-state index in [2.05, 4.69) is 10.6 Å². The van der Waals surface area contributed by atoms with Gasteiger partial charge in [0.25, 0.3) is 17.4 Å². The highest BCUT2D eigenvalue weighted by Gasteiger charge is 2.48. The molecular formula is C15H18N2O5S. The van der Waals surface area contributed by atoms with Crippen LogP contribution in [0.15, 0.2) is 18.2 Å². The van der Waals surface area contributed by atoms with Gasteiger partial charge in [-0.15, -0.1) is 0 Å². The molecule has 23 heavy (non-hydrogen) atoms. The van der Waals surface area contributed by atoms with Crippen LogP contribution in [0.4, 0.5) is 5.69 Å². The number of rotatable bonds is 2. The van der Waals surface area contributed by atoms with Gasteiger partial charge in [-0.05, 0) is 38.0 Å². The maximum Gasteiger partial charge on any atom is 0.278 e. The first-order chi connectivity index (χ1) is 10.7. The molecule has 7 nitrogen and oxygen atoms in total. The first kappa shape index (κ1) is 15.8. The van der Waals surface area contributed by atoms with Crippen LogP contribution in [-0.4, -0.2) is 43.4 Å². The van der Waals surface area contributed by atoms with Gasteiger partial charge >= 0.3 is 0 Å². The minimum Gasteiger partial charge on any atom is -0.466 e. The van der Waals surface area contributed by atoms with Crippen molar-refractivity contribution in [3.63, 3.8) is 0 Å². The van der Waals surface area contributed by atoms with Gasteiger partial charge in [0.1, 0.15) is 5.75 Å². The van der Waals surface area contributed by atoms with Gasteiger partial charge in [-0.1, -0.05) is 6.07 Å². The van der Waals surface area contributed by atoms with Crippen molar-refractivity contribution in [1.29, 1.82) is 0 Å². The number of hydrogen-bond donors (Lipinski definition) is 2. The molecule has 0 bridgehead atoms. The van der Waals surface area contributed by atoms with Crippen LogP contribution in [0.5, 0.6) is 5.75 Å². The zero-order valence-electron chi connectivity index (χ0n) is 12.9. The van der Waals surface area contributed by atoms with E-state index < -0.39 is 33.3 Å². The summed E-state index contributed by atoms with van der Waals surface area (Å²) in [6, 6.07) is 4.78. The van der Waals surface area contributed by atoms with Gasteiger partial charge in [0.15, 0.2) is 9.84 Å². The molecule has 1 saturated heterocycles. The van der Waals surface area contributed by atoms with Gasteiger partial charge < -0.3 is 15.4 Å². The Morgan fingerprint density at radius 2 is 2.17 bits per heavy atom. The first-order valence-corrected chi connectivity index (χ1v) is 9.14. The smallest absolute Gasteiger partial charge is 0.278 e. The van der Waals surface area contributed by atoms with Crippen LogP contribution in [0.1, 0.15) is 18.9 Å². The number of aryl methyl sites for hydroxylation is 1. The minimum atomic E-state index is -3.11. The van der Waals surface area contributed by atoms with E-state index in [4.69, 9.17) is 4.74 Å². The molecular weight excluding hydrogens is 320 g/mol.